The molecule has 1 aromatic carbocycles. The molecule has 1 amide bonds. The number of aromatic amines is 1. The standard InChI is InChI=1S/C17H15FN2O3S/c1-23-17(22)15(20-16(21)10-4-5-24-9-10)6-11-8-19-14-7-12(18)2-3-13(11)14/h2-5,7-9,15,19H,6H2,1H3,(H,20,21)/t15-/m1/s1. The van der Waals surface area contributed by atoms with Crippen molar-refractivity contribution in [2.24, 2.45) is 0 Å². The first-order valence-electron chi connectivity index (χ1n) is 7.25. The van der Waals surface area contributed by atoms with E-state index in [4.69, 9.17) is 4.74 Å². The van der Waals surface area contributed by atoms with Crippen molar-refractivity contribution in [1.29, 1.82) is 0 Å². The molecule has 2 N–H and O–H groups in total. The van der Waals surface area contributed by atoms with E-state index < -0.39 is 12.0 Å². The number of rotatable bonds is 5. The first-order chi connectivity index (χ1) is 11.6. The Morgan fingerprint density at radius 1 is 1.38 bits per heavy atom. The summed E-state index contributed by atoms with van der Waals surface area (Å²) in [6.07, 6.45) is 1.95. The van der Waals surface area contributed by atoms with Crippen molar-refractivity contribution in [2.75, 3.05) is 7.11 Å². The summed E-state index contributed by atoms with van der Waals surface area (Å²) in [7, 11) is 1.27. The van der Waals surface area contributed by atoms with Gasteiger partial charge in [-0.2, -0.15) is 11.3 Å². The SMILES string of the molecule is COC(=O)[C@@H](Cc1c[nH]c2cc(F)ccc12)NC(=O)c1ccsc1. The van der Waals surface area contributed by atoms with Gasteiger partial charge in [0.2, 0.25) is 0 Å². The lowest BCUT2D eigenvalue weighted by Gasteiger charge is -2.16. The Labute approximate surface area is 141 Å². The fourth-order valence-electron chi connectivity index (χ4n) is 2.52. The second kappa shape index (κ2) is 6.84. The van der Waals surface area contributed by atoms with Gasteiger partial charge < -0.3 is 15.0 Å². The molecule has 0 aliphatic rings. The number of ether oxygens (including phenoxy) is 1. The number of H-pyrrole nitrogens is 1. The number of aromatic nitrogens is 1. The van der Waals surface area contributed by atoms with Crippen molar-refractivity contribution in [3.8, 4) is 0 Å². The number of amides is 1. The lowest BCUT2D eigenvalue weighted by Crippen LogP contribution is -2.42. The number of carbonyl (C=O) groups is 2. The number of halogens is 1. The third-order valence-corrected chi connectivity index (χ3v) is 4.41. The minimum atomic E-state index is -0.827. The monoisotopic (exact) mass is 346 g/mol. The average molecular weight is 346 g/mol. The highest BCUT2D eigenvalue weighted by atomic mass is 32.1. The molecule has 0 spiro atoms. The van der Waals surface area contributed by atoms with E-state index in [-0.39, 0.29) is 18.1 Å². The molecule has 24 heavy (non-hydrogen) atoms. The van der Waals surface area contributed by atoms with E-state index in [1.165, 1.54) is 30.6 Å². The maximum absolute atomic E-state index is 13.3. The molecule has 0 fully saturated rings. The van der Waals surface area contributed by atoms with Crippen LogP contribution < -0.4 is 5.32 Å². The van der Waals surface area contributed by atoms with Gasteiger partial charge in [-0.05, 0) is 35.2 Å². The predicted octanol–water partition coefficient (Wildman–Crippen LogP) is 2.88. The van der Waals surface area contributed by atoms with Crippen LogP contribution in [0.2, 0.25) is 0 Å². The van der Waals surface area contributed by atoms with Crippen LogP contribution in [0.4, 0.5) is 4.39 Å². The van der Waals surface area contributed by atoms with E-state index in [9.17, 15) is 14.0 Å². The lowest BCUT2D eigenvalue weighted by atomic mass is 10.0. The van der Waals surface area contributed by atoms with Crippen LogP contribution in [-0.2, 0) is 16.0 Å². The largest absolute Gasteiger partial charge is 0.467 e. The second-order valence-corrected chi connectivity index (χ2v) is 6.05. The van der Waals surface area contributed by atoms with Crippen LogP contribution in [0.25, 0.3) is 10.9 Å². The Balaban J connectivity index is 1.83. The minimum absolute atomic E-state index is 0.244. The Morgan fingerprint density at radius 3 is 2.92 bits per heavy atom. The highest BCUT2D eigenvalue weighted by molar-refractivity contribution is 7.08. The average Bonchev–Trinajstić information content (AvgIpc) is 3.23. The van der Waals surface area contributed by atoms with Crippen molar-refractivity contribution in [3.63, 3.8) is 0 Å². The van der Waals surface area contributed by atoms with Gasteiger partial charge in [0, 0.05) is 28.9 Å². The summed E-state index contributed by atoms with van der Waals surface area (Å²) in [6.45, 7) is 0. The van der Waals surface area contributed by atoms with Crippen molar-refractivity contribution in [1.82, 2.24) is 10.3 Å². The molecule has 2 heterocycles. The van der Waals surface area contributed by atoms with Gasteiger partial charge in [-0.15, -0.1) is 0 Å². The molecular weight excluding hydrogens is 331 g/mol. The van der Waals surface area contributed by atoms with Gasteiger partial charge in [-0.3, -0.25) is 4.79 Å². The number of fused-ring (bicyclic) bond motifs is 1. The third-order valence-electron chi connectivity index (χ3n) is 3.73. The van der Waals surface area contributed by atoms with E-state index in [1.54, 1.807) is 29.1 Å². The number of hydrogen-bond donors (Lipinski definition) is 2. The number of esters is 1. The van der Waals surface area contributed by atoms with Crippen LogP contribution in [0.15, 0.2) is 41.2 Å². The van der Waals surface area contributed by atoms with Crippen LogP contribution in [0, 0.1) is 5.82 Å². The van der Waals surface area contributed by atoms with Crippen LogP contribution in [0.1, 0.15) is 15.9 Å². The van der Waals surface area contributed by atoms with Gasteiger partial charge in [0.1, 0.15) is 11.9 Å². The molecule has 3 rings (SSSR count). The zero-order valence-electron chi connectivity index (χ0n) is 12.8. The van der Waals surface area contributed by atoms with Crippen LogP contribution in [0.5, 0.6) is 0 Å². The molecule has 5 nitrogen and oxygen atoms in total. The van der Waals surface area contributed by atoms with Crippen LogP contribution in [0.3, 0.4) is 0 Å². The molecule has 0 aliphatic heterocycles. The third kappa shape index (κ3) is 3.30. The number of thiophene rings is 1. The number of benzene rings is 1. The lowest BCUT2D eigenvalue weighted by molar-refractivity contribution is -0.142. The molecular formula is C17H15FN2O3S. The molecule has 0 aliphatic carbocycles. The van der Waals surface area contributed by atoms with Crippen LogP contribution in [-0.4, -0.2) is 30.0 Å². The van der Waals surface area contributed by atoms with Crippen LogP contribution >= 0.6 is 11.3 Å². The molecule has 1 atom stereocenters. The molecule has 0 saturated carbocycles. The summed E-state index contributed by atoms with van der Waals surface area (Å²) in [4.78, 5) is 27.2. The van der Waals surface area contributed by atoms with Crippen molar-refractivity contribution in [2.45, 2.75) is 12.5 Å². The predicted molar refractivity (Wildman–Crippen MR) is 89.5 cm³/mol. The molecule has 0 bridgehead atoms. The first-order valence-corrected chi connectivity index (χ1v) is 8.19. The fraction of sp³-hybridized carbons (Fsp3) is 0.176. The van der Waals surface area contributed by atoms with Crippen molar-refractivity contribution >= 4 is 34.1 Å². The van der Waals surface area contributed by atoms with Gasteiger partial charge in [0.15, 0.2) is 0 Å². The van der Waals surface area contributed by atoms with E-state index in [2.05, 4.69) is 10.3 Å². The maximum atomic E-state index is 13.3. The quantitative estimate of drug-likeness (QED) is 0.698. The van der Waals surface area contributed by atoms with Gasteiger partial charge >= 0.3 is 5.97 Å². The Morgan fingerprint density at radius 2 is 2.21 bits per heavy atom. The molecule has 2 aromatic heterocycles. The van der Waals surface area contributed by atoms with E-state index >= 15 is 0 Å². The molecule has 0 unspecified atom stereocenters. The Kier molecular flexibility index (Phi) is 4.61. The summed E-state index contributed by atoms with van der Waals surface area (Å²) in [5, 5.41) is 6.99. The topological polar surface area (TPSA) is 71.2 Å². The summed E-state index contributed by atoms with van der Waals surface area (Å²) in [5.41, 5.74) is 1.93. The minimum Gasteiger partial charge on any atom is -0.467 e. The summed E-state index contributed by atoms with van der Waals surface area (Å²) in [5.74, 6) is -1.21. The van der Waals surface area contributed by atoms with Gasteiger partial charge in [0.25, 0.3) is 5.91 Å². The van der Waals surface area contributed by atoms with Gasteiger partial charge in [-0.1, -0.05) is 0 Å². The molecule has 124 valence electrons. The molecule has 3 aromatic rings. The Bertz CT molecular complexity index is 873. The van der Waals surface area contributed by atoms with E-state index in [1.807, 2.05) is 0 Å². The number of carbonyl (C=O) groups excluding carboxylic acids is 2. The summed E-state index contributed by atoms with van der Waals surface area (Å²) >= 11 is 1.40. The fourth-order valence-corrected chi connectivity index (χ4v) is 3.15. The second-order valence-electron chi connectivity index (χ2n) is 5.27. The van der Waals surface area contributed by atoms with E-state index in [0.29, 0.717) is 11.1 Å². The van der Waals surface area contributed by atoms with E-state index in [0.717, 1.165) is 10.9 Å². The zero-order chi connectivity index (χ0) is 17.1. The highest BCUT2D eigenvalue weighted by Gasteiger charge is 2.24. The maximum Gasteiger partial charge on any atom is 0.328 e. The smallest absolute Gasteiger partial charge is 0.328 e. The number of nitrogens with one attached hydrogen (secondary N) is 2. The van der Waals surface area contributed by atoms with Gasteiger partial charge in [0.05, 0.1) is 12.7 Å². The first kappa shape index (κ1) is 16.2. The Hall–Kier alpha value is -2.67. The number of methoxy groups -OCH3 is 1. The molecule has 0 saturated heterocycles. The van der Waals surface area contributed by atoms with Crippen molar-refractivity contribution < 1.29 is 18.7 Å². The molecule has 0 radical (unpaired) electrons. The van der Waals surface area contributed by atoms with Gasteiger partial charge in [-0.25, -0.2) is 9.18 Å². The zero-order valence-corrected chi connectivity index (χ0v) is 13.7. The summed E-state index contributed by atoms with van der Waals surface area (Å²) < 4.78 is 18.1. The normalized spacial score (nSPS) is 12.1. The number of hydrogen-bond acceptors (Lipinski definition) is 4. The summed E-state index contributed by atoms with van der Waals surface area (Å²) in [6, 6.07) is 5.24. The highest BCUT2D eigenvalue weighted by Crippen LogP contribution is 2.21. The molecule has 7 heteroatoms. The van der Waals surface area contributed by atoms with Crippen molar-refractivity contribution in [3.05, 3.63) is 58.2 Å².